The minimum Gasteiger partial charge on any atom is -0.315 e. The number of rotatable bonds is 1. The van der Waals surface area contributed by atoms with Crippen LogP contribution in [0.3, 0.4) is 0 Å². The summed E-state index contributed by atoms with van der Waals surface area (Å²) in [6, 6.07) is 0. The molecule has 0 aliphatic carbocycles. The molecule has 0 unspecified atom stereocenters. The molecule has 0 bridgehead atoms. The lowest BCUT2D eigenvalue weighted by Gasteiger charge is -1.98. The van der Waals surface area contributed by atoms with Gasteiger partial charge in [-0.25, -0.2) is 9.97 Å². The Morgan fingerprint density at radius 3 is 2.85 bits per heavy atom. The minimum absolute atomic E-state index is 0.0998. The molecular weight excluding hydrogens is 168 g/mol. The maximum Gasteiger partial charge on any atom is 0.281 e. The van der Waals surface area contributed by atoms with E-state index in [0.717, 1.165) is 6.54 Å². The van der Waals surface area contributed by atoms with Gasteiger partial charge in [0, 0.05) is 13.6 Å². The quantitative estimate of drug-likeness (QED) is 0.624. The molecular formula is C8H10N4O. The number of nitrogens with zero attached hydrogens (tertiary/aromatic N) is 4. The Morgan fingerprint density at radius 1 is 1.38 bits per heavy atom. The highest BCUT2D eigenvalue weighted by molar-refractivity contribution is 5.68. The van der Waals surface area contributed by atoms with Crippen molar-refractivity contribution < 1.29 is 0 Å². The normalized spacial score (nSPS) is 10.9. The second kappa shape index (κ2) is 2.69. The van der Waals surface area contributed by atoms with Gasteiger partial charge in [0.2, 0.25) is 0 Å². The lowest BCUT2D eigenvalue weighted by molar-refractivity contribution is 0.769. The highest BCUT2D eigenvalue weighted by atomic mass is 16.1. The van der Waals surface area contributed by atoms with Crippen molar-refractivity contribution >= 4 is 11.2 Å². The zero-order chi connectivity index (χ0) is 9.42. The van der Waals surface area contributed by atoms with Gasteiger partial charge in [-0.05, 0) is 6.92 Å². The molecule has 2 aromatic rings. The summed E-state index contributed by atoms with van der Waals surface area (Å²) in [6.07, 6.45) is 3.15. The molecule has 5 heteroatoms. The Morgan fingerprint density at radius 2 is 2.15 bits per heavy atom. The van der Waals surface area contributed by atoms with Crippen molar-refractivity contribution in [1.29, 1.82) is 0 Å². The van der Waals surface area contributed by atoms with Crippen LogP contribution in [-0.2, 0) is 13.6 Å². The van der Waals surface area contributed by atoms with E-state index in [1.54, 1.807) is 13.4 Å². The van der Waals surface area contributed by atoms with Crippen molar-refractivity contribution in [3.63, 3.8) is 0 Å². The molecule has 2 heterocycles. The van der Waals surface area contributed by atoms with Gasteiger partial charge in [-0.2, -0.15) is 0 Å². The van der Waals surface area contributed by atoms with Gasteiger partial charge in [0.1, 0.15) is 0 Å². The molecule has 0 saturated carbocycles. The van der Waals surface area contributed by atoms with E-state index in [-0.39, 0.29) is 5.56 Å². The van der Waals surface area contributed by atoms with Crippen molar-refractivity contribution in [1.82, 2.24) is 19.1 Å². The van der Waals surface area contributed by atoms with Gasteiger partial charge < -0.3 is 9.13 Å². The predicted octanol–water partition coefficient (Wildman–Crippen LogP) is 0.150. The molecule has 2 aromatic heterocycles. The summed E-state index contributed by atoms with van der Waals surface area (Å²) in [4.78, 5) is 19.7. The molecule has 0 aromatic carbocycles. The summed E-state index contributed by atoms with van der Waals surface area (Å²) >= 11 is 0. The van der Waals surface area contributed by atoms with Crippen LogP contribution in [0.2, 0.25) is 0 Å². The highest BCUT2D eigenvalue weighted by Crippen LogP contribution is 2.03. The van der Waals surface area contributed by atoms with E-state index in [4.69, 9.17) is 0 Å². The molecule has 13 heavy (non-hydrogen) atoms. The van der Waals surface area contributed by atoms with E-state index in [2.05, 4.69) is 9.97 Å². The Hall–Kier alpha value is -1.65. The average Bonchev–Trinajstić information content (AvgIpc) is 2.55. The molecule has 2 rings (SSSR count). The van der Waals surface area contributed by atoms with Gasteiger partial charge in [0.15, 0.2) is 11.2 Å². The van der Waals surface area contributed by atoms with Gasteiger partial charge in [-0.1, -0.05) is 0 Å². The average molecular weight is 178 g/mol. The molecule has 0 spiro atoms. The van der Waals surface area contributed by atoms with Crippen LogP contribution in [0.25, 0.3) is 11.2 Å². The SMILES string of the molecule is CCn1cnc2c(=O)n(C)cnc21. The molecule has 0 amide bonds. The van der Waals surface area contributed by atoms with Crippen LogP contribution in [0.5, 0.6) is 0 Å². The van der Waals surface area contributed by atoms with Gasteiger partial charge in [0.25, 0.3) is 5.56 Å². The van der Waals surface area contributed by atoms with E-state index < -0.39 is 0 Å². The van der Waals surface area contributed by atoms with Gasteiger partial charge >= 0.3 is 0 Å². The first-order valence-electron chi connectivity index (χ1n) is 4.10. The molecule has 0 fully saturated rings. The van der Waals surface area contributed by atoms with E-state index in [9.17, 15) is 4.79 Å². The van der Waals surface area contributed by atoms with E-state index >= 15 is 0 Å². The van der Waals surface area contributed by atoms with Crippen molar-refractivity contribution in [2.45, 2.75) is 13.5 Å². The summed E-state index contributed by atoms with van der Waals surface area (Å²) in [5.74, 6) is 0. The highest BCUT2D eigenvalue weighted by Gasteiger charge is 2.06. The smallest absolute Gasteiger partial charge is 0.281 e. The van der Waals surface area contributed by atoms with Crippen LogP contribution in [0.15, 0.2) is 17.4 Å². The molecule has 68 valence electrons. The third kappa shape index (κ3) is 1.04. The first-order chi connectivity index (χ1) is 6.24. The summed E-state index contributed by atoms with van der Waals surface area (Å²) in [6.45, 7) is 2.76. The summed E-state index contributed by atoms with van der Waals surface area (Å²) in [7, 11) is 1.67. The fraction of sp³-hybridized carbons (Fsp3) is 0.375. The topological polar surface area (TPSA) is 52.7 Å². The summed E-state index contributed by atoms with van der Waals surface area (Å²) in [5, 5.41) is 0. The molecule has 0 radical (unpaired) electrons. The first kappa shape index (κ1) is 7.97. The maximum atomic E-state index is 11.5. The van der Waals surface area contributed by atoms with Crippen molar-refractivity contribution in [3.8, 4) is 0 Å². The van der Waals surface area contributed by atoms with Gasteiger partial charge in [-0.3, -0.25) is 4.79 Å². The fourth-order valence-corrected chi connectivity index (χ4v) is 1.25. The molecule has 0 N–H and O–H groups in total. The molecule has 0 atom stereocenters. The fourth-order valence-electron chi connectivity index (χ4n) is 1.25. The number of aryl methyl sites for hydroxylation is 2. The number of hydrogen-bond acceptors (Lipinski definition) is 3. The van der Waals surface area contributed by atoms with E-state index in [1.165, 1.54) is 10.9 Å². The Balaban J connectivity index is 2.89. The summed E-state index contributed by atoms with van der Waals surface area (Å²) < 4.78 is 3.27. The zero-order valence-electron chi connectivity index (χ0n) is 7.56. The Kier molecular flexibility index (Phi) is 1.65. The van der Waals surface area contributed by atoms with E-state index in [1.807, 2.05) is 11.5 Å². The van der Waals surface area contributed by atoms with E-state index in [0.29, 0.717) is 11.2 Å². The number of hydrogen-bond donors (Lipinski definition) is 0. The number of imidazole rings is 1. The second-order valence-corrected chi connectivity index (χ2v) is 2.86. The van der Waals surface area contributed by atoms with Crippen molar-refractivity contribution in [3.05, 3.63) is 23.0 Å². The van der Waals surface area contributed by atoms with Crippen LogP contribution < -0.4 is 5.56 Å². The first-order valence-corrected chi connectivity index (χ1v) is 4.10. The van der Waals surface area contributed by atoms with Crippen LogP contribution in [0.1, 0.15) is 6.92 Å². The van der Waals surface area contributed by atoms with Crippen LogP contribution in [-0.4, -0.2) is 19.1 Å². The standard InChI is InChI=1S/C8H10N4O/c1-3-12-5-9-6-7(12)10-4-11(2)8(6)13/h4-5H,3H2,1-2H3. The van der Waals surface area contributed by atoms with Crippen molar-refractivity contribution in [2.75, 3.05) is 0 Å². The van der Waals surface area contributed by atoms with Gasteiger partial charge in [-0.15, -0.1) is 0 Å². The number of aromatic nitrogens is 4. The van der Waals surface area contributed by atoms with Crippen LogP contribution >= 0.6 is 0 Å². The third-order valence-corrected chi connectivity index (χ3v) is 2.03. The Bertz CT molecular complexity index is 496. The van der Waals surface area contributed by atoms with Crippen molar-refractivity contribution in [2.24, 2.45) is 7.05 Å². The predicted molar refractivity (Wildman–Crippen MR) is 48.4 cm³/mol. The lowest BCUT2D eigenvalue weighted by Crippen LogP contribution is -2.17. The largest absolute Gasteiger partial charge is 0.315 e. The second-order valence-electron chi connectivity index (χ2n) is 2.86. The molecule has 5 nitrogen and oxygen atoms in total. The maximum absolute atomic E-state index is 11.5. The Labute approximate surface area is 74.7 Å². The minimum atomic E-state index is -0.0998. The number of fused-ring (bicyclic) bond motifs is 1. The molecule has 0 aliphatic heterocycles. The van der Waals surface area contributed by atoms with Gasteiger partial charge in [0.05, 0.1) is 12.7 Å². The zero-order valence-corrected chi connectivity index (χ0v) is 7.56. The molecule has 0 saturated heterocycles. The monoisotopic (exact) mass is 178 g/mol. The lowest BCUT2D eigenvalue weighted by atomic mass is 10.5. The summed E-state index contributed by atoms with van der Waals surface area (Å²) in [5.41, 5.74) is 0.995. The molecule has 0 aliphatic rings. The third-order valence-electron chi connectivity index (χ3n) is 2.03. The van der Waals surface area contributed by atoms with Crippen LogP contribution in [0, 0.1) is 0 Å². The van der Waals surface area contributed by atoms with Crippen LogP contribution in [0.4, 0.5) is 0 Å².